The minimum Gasteiger partial charge on any atom is -0.426 e. The zero-order chi connectivity index (χ0) is 20.8. The summed E-state index contributed by atoms with van der Waals surface area (Å²) in [4.78, 5) is 27.3. The van der Waals surface area contributed by atoms with Crippen molar-refractivity contribution in [2.45, 2.75) is 19.4 Å². The van der Waals surface area contributed by atoms with Gasteiger partial charge in [0.05, 0.1) is 5.92 Å². The third kappa shape index (κ3) is 4.95. The number of benzene rings is 3. The van der Waals surface area contributed by atoms with E-state index in [0.717, 1.165) is 5.56 Å². The van der Waals surface area contributed by atoms with Crippen LogP contribution >= 0.6 is 0 Å². The molecule has 0 aromatic heterocycles. The fourth-order valence-electron chi connectivity index (χ4n) is 2.83. The molecule has 0 saturated carbocycles. The molecule has 0 N–H and O–H groups in total. The van der Waals surface area contributed by atoms with Crippen molar-refractivity contribution in [2.24, 2.45) is 0 Å². The summed E-state index contributed by atoms with van der Waals surface area (Å²) in [6, 6.07) is 20.1. The second-order valence-electron chi connectivity index (χ2n) is 6.35. The van der Waals surface area contributed by atoms with Gasteiger partial charge in [-0.1, -0.05) is 60.7 Å². The van der Waals surface area contributed by atoms with Crippen LogP contribution in [0.2, 0.25) is 0 Å². The lowest BCUT2D eigenvalue weighted by Crippen LogP contribution is -2.17. The molecule has 0 aliphatic heterocycles. The van der Waals surface area contributed by atoms with Crippen molar-refractivity contribution in [3.8, 4) is 16.9 Å². The van der Waals surface area contributed by atoms with Gasteiger partial charge < -0.3 is 9.57 Å². The van der Waals surface area contributed by atoms with Crippen molar-refractivity contribution in [2.75, 3.05) is 0 Å². The molecule has 29 heavy (non-hydrogen) atoms. The van der Waals surface area contributed by atoms with Gasteiger partial charge in [0.1, 0.15) is 18.2 Å². The van der Waals surface area contributed by atoms with E-state index in [1.165, 1.54) is 12.1 Å². The van der Waals surface area contributed by atoms with Crippen molar-refractivity contribution in [1.82, 2.24) is 0 Å². The molecule has 3 aromatic rings. The molecule has 0 saturated heterocycles. The van der Waals surface area contributed by atoms with Crippen LogP contribution in [-0.4, -0.2) is 11.1 Å². The second kappa shape index (κ2) is 8.97. The molecule has 3 aromatic carbocycles. The van der Waals surface area contributed by atoms with Gasteiger partial charge in [0.15, 0.2) is 0 Å². The van der Waals surface area contributed by atoms with Gasteiger partial charge in [-0.05, 0) is 30.2 Å². The van der Waals surface area contributed by atoms with Gasteiger partial charge in [-0.25, -0.2) is 4.39 Å². The van der Waals surface area contributed by atoms with E-state index in [2.05, 4.69) is 4.84 Å². The largest absolute Gasteiger partial charge is 0.426 e. The van der Waals surface area contributed by atoms with E-state index in [9.17, 15) is 19.3 Å². The first-order valence-corrected chi connectivity index (χ1v) is 8.87. The third-order valence-corrected chi connectivity index (χ3v) is 4.44. The molecule has 0 heterocycles. The van der Waals surface area contributed by atoms with Crippen LogP contribution in [0.4, 0.5) is 4.39 Å². The van der Waals surface area contributed by atoms with Gasteiger partial charge in [-0.2, -0.15) is 0 Å². The minimum absolute atomic E-state index is 0.160. The van der Waals surface area contributed by atoms with Crippen LogP contribution in [0.25, 0.3) is 11.1 Å². The predicted octanol–water partition coefficient (Wildman–Crippen LogP) is 4.91. The molecule has 0 aliphatic carbocycles. The molecule has 0 spiro atoms. The molecule has 0 amide bonds. The van der Waals surface area contributed by atoms with Gasteiger partial charge in [0.25, 0.3) is 5.09 Å². The average Bonchev–Trinajstić information content (AvgIpc) is 2.73. The molecule has 0 fully saturated rings. The Morgan fingerprint density at radius 3 is 2.45 bits per heavy atom. The number of nitrogens with zero attached hydrogens (tertiary/aromatic N) is 1. The Hall–Kier alpha value is -3.74. The van der Waals surface area contributed by atoms with Crippen LogP contribution in [0.1, 0.15) is 24.0 Å². The van der Waals surface area contributed by atoms with Crippen LogP contribution < -0.4 is 4.74 Å². The van der Waals surface area contributed by atoms with Gasteiger partial charge in [0, 0.05) is 11.1 Å². The normalized spacial score (nSPS) is 11.5. The van der Waals surface area contributed by atoms with Crippen LogP contribution in [0.5, 0.6) is 5.75 Å². The van der Waals surface area contributed by atoms with Gasteiger partial charge in [-0.15, -0.1) is 10.1 Å². The lowest BCUT2D eigenvalue weighted by molar-refractivity contribution is -0.763. The molecule has 7 heteroatoms. The van der Waals surface area contributed by atoms with Crippen molar-refractivity contribution in [3.05, 3.63) is 99.9 Å². The highest BCUT2D eigenvalue weighted by Crippen LogP contribution is 2.28. The van der Waals surface area contributed by atoms with Crippen LogP contribution in [0, 0.1) is 15.9 Å². The summed E-state index contributed by atoms with van der Waals surface area (Å²) in [5, 5.41) is 9.48. The monoisotopic (exact) mass is 395 g/mol. The second-order valence-corrected chi connectivity index (χ2v) is 6.35. The summed E-state index contributed by atoms with van der Waals surface area (Å²) in [7, 11) is 0. The molecule has 1 atom stereocenters. The summed E-state index contributed by atoms with van der Waals surface area (Å²) in [5.74, 6) is -1.62. The molecular formula is C22H18FNO5. The Kier molecular flexibility index (Phi) is 6.19. The number of esters is 1. The van der Waals surface area contributed by atoms with E-state index in [0.29, 0.717) is 16.7 Å². The molecule has 0 radical (unpaired) electrons. The quantitative estimate of drug-likeness (QED) is 0.246. The minimum atomic E-state index is -0.918. The lowest BCUT2D eigenvalue weighted by atomic mass is 9.97. The van der Waals surface area contributed by atoms with Crippen LogP contribution in [0.3, 0.4) is 0 Å². The summed E-state index contributed by atoms with van der Waals surface area (Å²) in [6.07, 6.45) is 0. The maximum atomic E-state index is 14.6. The number of halogens is 1. The molecule has 1 unspecified atom stereocenters. The number of ether oxygens (including phenoxy) is 1. The fourth-order valence-corrected chi connectivity index (χ4v) is 2.83. The number of carbonyl (C=O) groups excluding carboxylic acids is 1. The summed E-state index contributed by atoms with van der Waals surface area (Å²) in [5.41, 5.74) is 2.00. The van der Waals surface area contributed by atoms with E-state index < -0.39 is 22.8 Å². The topological polar surface area (TPSA) is 78.7 Å². The number of carbonyl (C=O) groups is 1. The summed E-state index contributed by atoms with van der Waals surface area (Å²) in [6.45, 7) is 1.26. The van der Waals surface area contributed by atoms with Crippen molar-refractivity contribution >= 4 is 5.97 Å². The van der Waals surface area contributed by atoms with E-state index in [1.807, 2.05) is 18.2 Å². The summed E-state index contributed by atoms with van der Waals surface area (Å²) < 4.78 is 20.0. The van der Waals surface area contributed by atoms with Gasteiger partial charge in [-0.3, -0.25) is 4.79 Å². The zero-order valence-electron chi connectivity index (χ0n) is 15.6. The van der Waals surface area contributed by atoms with Gasteiger partial charge in [0.2, 0.25) is 0 Å². The van der Waals surface area contributed by atoms with E-state index in [1.54, 1.807) is 49.4 Å². The summed E-state index contributed by atoms with van der Waals surface area (Å²) >= 11 is 0. The van der Waals surface area contributed by atoms with E-state index in [4.69, 9.17) is 4.74 Å². The van der Waals surface area contributed by atoms with Crippen LogP contribution in [-0.2, 0) is 16.2 Å². The Morgan fingerprint density at radius 1 is 1.07 bits per heavy atom. The SMILES string of the molecule is CC(C(=O)Oc1ccccc1CO[N+](=O)[O-])c1ccc(-c2ccccc2)c(F)c1. The first-order chi connectivity index (χ1) is 14.0. The van der Waals surface area contributed by atoms with Crippen molar-refractivity contribution < 1.29 is 23.8 Å². The number of hydrogen-bond acceptors (Lipinski definition) is 5. The zero-order valence-corrected chi connectivity index (χ0v) is 15.6. The van der Waals surface area contributed by atoms with E-state index >= 15 is 0 Å². The standard InChI is InChI=1S/C22H18FNO5/c1-15(17-11-12-19(20(23)13-17)16-7-3-2-4-8-16)22(25)29-21-10-6-5-9-18(21)14-28-24(26)27/h2-13,15H,14H2,1H3. The maximum Gasteiger partial charge on any atom is 0.318 e. The highest BCUT2D eigenvalue weighted by Gasteiger charge is 2.20. The first kappa shape index (κ1) is 20.0. The van der Waals surface area contributed by atoms with Gasteiger partial charge >= 0.3 is 5.97 Å². The predicted molar refractivity (Wildman–Crippen MR) is 104 cm³/mol. The molecule has 6 nitrogen and oxygen atoms in total. The third-order valence-electron chi connectivity index (χ3n) is 4.44. The highest BCUT2D eigenvalue weighted by atomic mass is 19.1. The smallest absolute Gasteiger partial charge is 0.318 e. The number of para-hydroxylation sites is 1. The Labute approximate surface area is 166 Å². The van der Waals surface area contributed by atoms with Crippen LogP contribution in [0.15, 0.2) is 72.8 Å². The lowest BCUT2D eigenvalue weighted by Gasteiger charge is -2.15. The van der Waals surface area contributed by atoms with Crippen molar-refractivity contribution in [1.29, 1.82) is 0 Å². The Morgan fingerprint density at radius 2 is 1.76 bits per heavy atom. The Bertz CT molecular complexity index is 1020. The fraction of sp³-hybridized carbons (Fsp3) is 0.136. The molecular weight excluding hydrogens is 377 g/mol. The molecule has 0 aliphatic rings. The highest BCUT2D eigenvalue weighted by molar-refractivity contribution is 5.80. The molecule has 3 rings (SSSR count). The Balaban J connectivity index is 1.76. The first-order valence-electron chi connectivity index (χ1n) is 8.87. The number of rotatable bonds is 7. The maximum absolute atomic E-state index is 14.6. The van der Waals surface area contributed by atoms with Crippen molar-refractivity contribution in [3.63, 3.8) is 0 Å². The molecule has 0 bridgehead atoms. The molecule has 148 valence electrons. The average molecular weight is 395 g/mol. The van der Waals surface area contributed by atoms with E-state index in [-0.39, 0.29) is 12.4 Å². The number of hydrogen-bond donors (Lipinski definition) is 0.